The first-order valence-electron chi connectivity index (χ1n) is 8.90. The van der Waals surface area contributed by atoms with Crippen molar-refractivity contribution in [3.8, 4) is 0 Å². The lowest BCUT2D eigenvalue weighted by Gasteiger charge is -2.28. The molecule has 2 aromatic rings. The van der Waals surface area contributed by atoms with Crippen LogP contribution < -0.4 is 0 Å². The van der Waals surface area contributed by atoms with Gasteiger partial charge in [0.05, 0.1) is 17.2 Å². The minimum Gasteiger partial charge on any atom is -0.452 e. The summed E-state index contributed by atoms with van der Waals surface area (Å²) in [6.45, 7) is 2.97. The number of hydrogen-bond acceptors (Lipinski definition) is 7. The van der Waals surface area contributed by atoms with Gasteiger partial charge in [-0.05, 0) is 25.8 Å². The lowest BCUT2D eigenvalue weighted by Crippen LogP contribution is -2.42. The van der Waals surface area contributed by atoms with Gasteiger partial charge in [-0.1, -0.05) is 35.5 Å². The van der Waals surface area contributed by atoms with Gasteiger partial charge in [-0.25, -0.2) is 13.2 Å². The molecule has 1 aromatic heterocycles. The van der Waals surface area contributed by atoms with Crippen LogP contribution in [0.5, 0.6) is 0 Å². The summed E-state index contributed by atoms with van der Waals surface area (Å²) in [5.41, 5.74) is 1.46. The van der Waals surface area contributed by atoms with Crippen LogP contribution in [-0.2, 0) is 25.9 Å². The number of carbonyl (C=O) groups is 2. The Hall–Kier alpha value is -2.68. The Balaban J connectivity index is 1.72. The summed E-state index contributed by atoms with van der Waals surface area (Å²) in [5, 5.41) is 3.70. The van der Waals surface area contributed by atoms with Gasteiger partial charge in [-0.15, -0.1) is 0 Å². The third-order valence-corrected chi connectivity index (χ3v) is 6.48. The highest BCUT2D eigenvalue weighted by Crippen LogP contribution is 2.21. The second-order valence-corrected chi connectivity index (χ2v) is 9.07. The van der Waals surface area contributed by atoms with Gasteiger partial charge in [-0.2, -0.15) is 0 Å². The Morgan fingerprint density at radius 1 is 1.25 bits per heavy atom. The van der Waals surface area contributed by atoms with Gasteiger partial charge < -0.3 is 14.2 Å². The van der Waals surface area contributed by atoms with Crippen LogP contribution in [0.1, 0.15) is 33.8 Å². The normalized spacial score (nSPS) is 18.0. The lowest BCUT2D eigenvalue weighted by molar-refractivity contribution is -0.137. The molecule has 2 heterocycles. The van der Waals surface area contributed by atoms with E-state index in [1.54, 1.807) is 13.8 Å². The molecular weight excluding hydrogens is 384 g/mol. The summed E-state index contributed by atoms with van der Waals surface area (Å²) >= 11 is 0. The number of aromatic nitrogens is 1. The highest BCUT2D eigenvalue weighted by atomic mass is 32.2. The molecule has 0 bridgehead atoms. The van der Waals surface area contributed by atoms with Gasteiger partial charge in [0.15, 0.2) is 16.4 Å². The molecule has 0 aliphatic carbocycles. The topological polar surface area (TPSA) is 107 Å². The van der Waals surface area contributed by atoms with Crippen molar-refractivity contribution in [1.29, 1.82) is 0 Å². The van der Waals surface area contributed by atoms with E-state index in [1.807, 2.05) is 30.3 Å². The van der Waals surface area contributed by atoms with E-state index < -0.39 is 34.4 Å². The first-order chi connectivity index (χ1) is 13.3. The Morgan fingerprint density at radius 3 is 2.54 bits per heavy atom. The van der Waals surface area contributed by atoms with E-state index in [1.165, 1.54) is 4.90 Å². The minimum atomic E-state index is -3.17. The maximum atomic E-state index is 12.8. The molecule has 0 unspecified atom stereocenters. The summed E-state index contributed by atoms with van der Waals surface area (Å²) in [6, 6.07) is 8.85. The average molecular weight is 406 g/mol. The summed E-state index contributed by atoms with van der Waals surface area (Å²) < 4.78 is 33.9. The van der Waals surface area contributed by atoms with Crippen molar-refractivity contribution in [3.05, 3.63) is 52.9 Å². The third-order valence-electron chi connectivity index (χ3n) is 4.73. The van der Waals surface area contributed by atoms with Gasteiger partial charge >= 0.3 is 5.97 Å². The zero-order valence-electron chi connectivity index (χ0n) is 15.8. The molecule has 1 fully saturated rings. The Morgan fingerprint density at radius 2 is 1.96 bits per heavy atom. The average Bonchev–Trinajstić information content (AvgIpc) is 3.19. The molecule has 1 atom stereocenters. The van der Waals surface area contributed by atoms with Crippen LogP contribution in [0.2, 0.25) is 0 Å². The maximum absolute atomic E-state index is 12.8. The van der Waals surface area contributed by atoms with Crippen LogP contribution in [0.25, 0.3) is 0 Å². The molecule has 28 heavy (non-hydrogen) atoms. The van der Waals surface area contributed by atoms with E-state index in [0.717, 1.165) is 5.56 Å². The number of nitrogens with zero attached hydrogens (tertiary/aromatic N) is 2. The van der Waals surface area contributed by atoms with Crippen molar-refractivity contribution in [2.75, 3.05) is 18.1 Å². The summed E-state index contributed by atoms with van der Waals surface area (Å²) in [5.74, 6) is -0.842. The van der Waals surface area contributed by atoms with Gasteiger partial charge in [-0.3, -0.25) is 4.79 Å². The predicted molar refractivity (Wildman–Crippen MR) is 100 cm³/mol. The molecule has 1 amide bonds. The molecular formula is C19H22N2O6S. The number of ether oxygens (including phenoxy) is 1. The number of sulfone groups is 1. The molecule has 0 radical (unpaired) electrons. The predicted octanol–water partition coefficient (Wildman–Crippen LogP) is 1.66. The monoisotopic (exact) mass is 406 g/mol. The standard InChI is InChI=1S/C19H22N2O6S/c1-13-18(14(2)27-20-13)19(23)26-11-17(22)21(10-15-6-4-3-5-7-15)16-8-9-28(24,25)12-16/h3-7,16H,8-12H2,1-2H3/t16-/m1/s1. The van der Waals surface area contributed by atoms with Gasteiger partial charge in [0.1, 0.15) is 11.3 Å². The molecule has 1 aliphatic heterocycles. The number of amides is 1. The van der Waals surface area contributed by atoms with Crippen molar-refractivity contribution < 1.29 is 27.3 Å². The van der Waals surface area contributed by atoms with E-state index in [-0.39, 0.29) is 23.6 Å². The Labute approximate surface area is 163 Å². The smallest absolute Gasteiger partial charge is 0.344 e. The van der Waals surface area contributed by atoms with E-state index in [4.69, 9.17) is 9.26 Å². The largest absolute Gasteiger partial charge is 0.452 e. The lowest BCUT2D eigenvalue weighted by atomic mass is 10.1. The van der Waals surface area contributed by atoms with Crippen molar-refractivity contribution >= 4 is 21.7 Å². The van der Waals surface area contributed by atoms with Crippen LogP contribution in [0.4, 0.5) is 0 Å². The first kappa shape index (κ1) is 20.1. The molecule has 1 aromatic carbocycles. The van der Waals surface area contributed by atoms with Gasteiger partial charge in [0.25, 0.3) is 5.91 Å². The van der Waals surface area contributed by atoms with Crippen LogP contribution >= 0.6 is 0 Å². The van der Waals surface area contributed by atoms with Crippen LogP contribution in [0.3, 0.4) is 0 Å². The SMILES string of the molecule is Cc1noc(C)c1C(=O)OCC(=O)N(Cc1ccccc1)[C@@H]1CCS(=O)(=O)C1. The minimum absolute atomic E-state index is 0.0507. The number of esters is 1. The molecule has 0 N–H and O–H groups in total. The highest BCUT2D eigenvalue weighted by Gasteiger charge is 2.35. The van der Waals surface area contributed by atoms with Crippen LogP contribution in [0.15, 0.2) is 34.9 Å². The van der Waals surface area contributed by atoms with E-state index in [2.05, 4.69) is 5.16 Å². The van der Waals surface area contributed by atoms with Crippen molar-refractivity contribution in [2.24, 2.45) is 0 Å². The molecule has 0 saturated carbocycles. The fourth-order valence-corrected chi connectivity index (χ4v) is 5.01. The first-order valence-corrected chi connectivity index (χ1v) is 10.7. The number of rotatable bonds is 6. The van der Waals surface area contributed by atoms with Crippen molar-refractivity contribution in [3.63, 3.8) is 0 Å². The van der Waals surface area contributed by atoms with Gasteiger partial charge in [0, 0.05) is 12.6 Å². The number of benzene rings is 1. The van der Waals surface area contributed by atoms with Crippen LogP contribution in [0, 0.1) is 13.8 Å². The maximum Gasteiger partial charge on any atom is 0.344 e. The third kappa shape index (κ3) is 4.59. The van der Waals surface area contributed by atoms with Crippen LogP contribution in [-0.4, -0.2) is 54.5 Å². The summed E-state index contributed by atoms with van der Waals surface area (Å²) in [7, 11) is -3.17. The molecule has 3 rings (SSSR count). The molecule has 9 heteroatoms. The van der Waals surface area contributed by atoms with Gasteiger partial charge in [0.2, 0.25) is 0 Å². The van der Waals surface area contributed by atoms with E-state index in [0.29, 0.717) is 17.9 Å². The highest BCUT2D eigenvalue weighted by molar-refractivity contribution is 7.91. The van der Waals surface area contributed by atoms with E-state index in [9.17, 15) is 18.0 Å². The molecule has 0 spiro atoms. The zero-order chi connectivity index (χ0) is 20.3. The zero-order valence-corrected chi connectivity index (χ0v) is 16.6. The Kier molecular flexibility index (Phi) is 5.83. The fourth-order valence-electron chi connectivity index (χ4n) is 3.28. The molecule has 1 aliphatic rings. The molecule has 150 valence electrons. The Bertz CT molecular complexity index is 948. The quantitative estimate of drug-likeness (QED) is 0.672. The van der Waals surface area contributed by atoms with Crippen molar-refractivity contribution in [2.45, 2.75) is 32.9 Å². The number of aryl methyl sites for hydroxylation is 2. The second kappa shape index (κ2) is 8.14. The molecule has 8 nitrogen and oxygen atoms in total. The van der Waals surface area contributed by atoms with Crippen molar-refractivity contribution in [1.82, 2.24) is 10.1 Å². The summed E-state index contributed by atoms with van der Waals surface area (Å²) in [6.07, 6.45) is 0.374. The van der Waals surface area contributed by atoms with E-state index >= 15 is 0 Å². The number of hydrogen-bond donors (Lipinski definition) is 0. The summed E-state index contributed by atoms with van der Waals surface area (Å²) in [4.78, 5) is 26.6. The fraction of sp³-hybridized carbons (Fsp3) is 0.421. The number of carbonyl (C=O) groups excluding carboxylic acids is 2. The molecule has 1 saturated heterocycles. The second-order valence-electron chi connectivity index (χ2n) is 6.84.